The molecule has 1 aliphatic carbocycles. The zero-order valence-corrected chi connectivity index (χ0v) is 17.8. The molecule has 3 N–H and O–H groups in total. The first kappa shape index (κ1) is 23.4. The van der Waals surface area contributed by atoms with Crippen molar-refractivity contribution in [2.75, 3.05) is 11.9 Å². The number of amides is 2. The van der Waals surface area contributed by atoms with Gasteiger partial charge >= 0.3 is 5.97 Å². The van der Waals surface area contributed by atoms with Gasteiger partial charge in [-0.15, -0.1) is 0 Å². The van der Waals surface area contributed by atoms with Crippen molar-refractivity contribution in [3.8, 4) is 0 Å². The lowest BCUT2D eigenvalue weighted by molar-refractivity contribution is -0.128. The summed E-state index contributed by atoms with van der Waals surface area (Å²) in [6.07, 6.45) is 4.31. The number of nitrogens with two attached hydrogens (primary N) is 1. The van der Waals surface area contributed by atoms with Crippen molar-refractivity contribution in [3.05, 3.63) is 58.8 Å². The molecule has 1 aromatic heterocycles. The van der Waals surface area contributed by atoms with Gasteiger partial charge in [0.2, 0.25) is 5.91 Å². The third-order valence-corrected chi connectivity index (χ3v) is 5.60. The third kappa shape index (κ3) is 4.50. The van der Waals surface area contributed by atoms with Crippen molar-refractivity contribution in [1.29, 1.82) is 0 Å². The maximum Gasteiger partial charge on any atom is 0.359 e. The highest BCUT2D eigenvalue weighted by Crippen LogP contribution is 2.37. The average molecular weight is 467 g/mol. The molecular weight excluding hydrogens is 446 g/mol. The first-order valence-electron chi connectivity index (χ1n) is 9.84. The number of hydrogen-bond acceptors (Lipinski definition) is 5. The molecule has 0 bridgehead atoms. The summed E-state index contributed by atoms with van der Waals surface area (Å²) in [4.78, 5) is 37.6. The van der Waals surface area contributed by atoms with Crippen LogP contribution in [0.25, 0.3) is 0 Å². The molecule has 1 aromatic carbocycles. The van der Waals surface area contributed by atoms with Crippen LogP contribution in [-0.2, 0) is 15.1 Å². The number of rotatable bonds is 7. The molecular formula is C21H21ClF2N4O4. The van der Waals surface area contributed by atoms with Crippen LogP contribution >= 0.6 is 11.6 Å². The Labute approximate surface area is 187 Å². The third-order valence-electron chi connectivity index (χ3n) is 5.29. The normalized spacial score (nSPS) is 15.1. The van der Waals surface area contributed by atoms with Gasteiger partial charge in [0.05, 0.1) is 10.6 Å². The Kier molecular flexibility index (Phi) is 6.93. The van der Waals surface area contributed by atoms with E-state index < -0.39 is 35.0 Å². The van der Waals surface area contributed by atoms with E-state index in [1.807, 2.05) is 0 Å². The summed E-state index contributed by atoms with van der Waals surface area (Å²) in [6.45, 7) is 3.39. The van der Waals surface area contributed by atoms with Crippen LogP contribution in [0.3, 0.4) is 0 Å². The minimum atomic E-state index is -1.28. The molecule has 170 valence electrons. The molecule has 0 radical (unpaired) electrons. The Morgan fingerprint density at radius 2 is 1.88 bits per heavy atom. The number of ether oxygens (including phenoxy) is 1. The van der Waals surface area contributed by atoms with Crippen molar-refractivity contribution in [3.63, 3.8) is 0 Å². The Morgan fingerprint density at radius 3 is 2.50 bits per heavy atom. The van der Waals surface area contributed by atoms with E-state index in [1.165, 1.54) is 16.8 Å². The lowest BCUT2D eigenvalue weighted by atomic mass is 9.81. The molecule has 8 nitrogen and oxygen atoms in total. The van der Waals surface area contributed by atoms with Crippen molar-refractivity contribution >= 4 is 35.2 Å². The van der Waals surface area contributed by atoms with Gasteiger partial charge in [0.15, 0.2) is 17.3 Å². The van der Waals surface area contributed by atoms with E-state index in [0.29, 0.717) is 37.8 Å². The SMILES string of the molecule is C=CCOC(=O)c1cc(NC(=O)c2cc(F)c(F)cc2Cl)n(C2(C(N)=O)CCCCC2)n1. The summed E-state index contributed by atoms with van der Waals surface area (Å²) < 4.78 is 33.2. The second-order valence-electron chi connectivity index (χ2n) is 7.37. The minimum absolute atomic E-state index is 0.0398. The first-order valence-corrected chi connectivity index (χ1v) is 10.2. The van der Waals surface area contributed by atoms with Crippen LogP contribution in [0.4, 0.5) is 14.6 Å². The van der Waals surface area contributed by atoms with Gasteiger partial charge in [-0.05, 0) is 25.0 Å². The fraction of sp³-hybridized carbons (Fsp3) is 0.333. The van der Waals surface area contributed by atoms with Gasteiger partial charge in [-0.1, -0.05) is 43.5 Å². The van der Waals surface area contributed by atoms with Gasteiger partial charge in [0.25, 0.3) is 5.91 Å². The van der Waals surface area contributed by atoms with E-state index in [9.17, 15) is 23.2 Å². The molecule has 0 saturated heterocycles. The fourth-order valence-electron chi connectivity index (χ4n) is 3.68. The highest BCUT2D eigenvalue weighted by Gasteiger charge is 2.43. The smallest absolute Gasteiger partial charge is 0.359 e. The minimum Gasteiger partial charge on any atom is -0.457 e. The molecule has 2 amide bonds. The van der Waals surface area contributed by atoms with E-state index in [0.717, 1.165) is 6.42 Å². The summed E-state index contributed by atoms with van der Waals surface area (Å²) in [5.41, 5.74) is 3.92. The quantitative estimate of drug-likeness (QED) is 0.367. The molecule has 1 heterocycles. The highest BCUT2D eigenvalue weighted by molar-refractivity contribution is 6.34. The van der Waals surface area contributed by atoms with Crippen LogP contribution in [0.15, 0.2) is 30.9 Å². The molecule has 0 aliphatic heterocycles. The van der Waals surface area contributed by atoms with E-state index in [-0.39, 0.29) is 28.7 Å². The summed E-state index contributed by atoms with van der Waals surface area (Å²) in [5.74, 6) is -4.88. The Morgan fingerprint density at radius 1 is 1.22 bits per heavy atom. The van der Waals surface area contributed by atoms with E-state index in [2.05, 4.69) is 17.0 Å². The number of hydrogen-bond donors (Lipinski definition) is 2. The summed E-state index contributed by atoms with van der Waals surface area (Å²) in [5, 5.41) is 6.36. The van der Waals surface area contributed by atoms with Crippen LogP contribution < -0.4 is 11.1 Å². The van der Waals surface area contributed by atoms with Gasteiger partial charge in [-0.3, -0.25) is 9.59 Å². The number of aromatic nitrogens is 2. The average Bonchev–Trinajstić information content (AvgIpc) is 3.19. The molecule has 0 spiro atoms. The van der Waals surface area contributed by atoms with Gasteiger partial charge in [0, 0.05) is 6.07 Å². The Hall–Kier alpha value is -3.27. The Bertz CT molecular complexity index is 1080. The summed E-state index contributed by atoms with van der Waals surface area (Å²) in [6, 6.07) is 2.54. The molecule has 1 fully saturated rings. The maximum atomic E-state index is 13.7. The topological polar surface area (TPSA) is 116 Å². The summed E-state index contributed by atoms with van der Waals surface area (Å²) in [7, 11) is 0. The highest BCUT2D eigenvalue weighted by atomic mass is 35.5. The van der Waals surface area contributed by atoms with Gasteiger partial charge in [0.1, 0.15) is 18.0 Å². The number of esters is 1. The Balaban J connectivity index is 2.05. The number of nitrogens with zero attached hydrogens (tertiary/aromatic N) is 2. The van der Waals surface area contributed by atoms with Crippen molar-refractivity contribution in [2.24, 2.45) is 5.73 Å². The monoisotopic (exact) mass is 466 g/mol. The molecule has 1 saturated carbocycles. The number of nitrogens with one attached hydrogen (secondary N) is 1. The predicted molar refractivity (Wildman–Crippen MR) is 112 cm³/mol. The number of primary amides is 1. The largest absolute Gasteiger partial charge is 0.457 e. The molecule has 1 aliphatic rings. The van der Waals surface area contributed by atoms with Crippen molar-refractivity contribution in [1.82, 2.24) is 9.78 Å². The molecule has 2 aromatic rings. The first-order chi connectivity index (χ1) is 15.2. The summed E-state index contributed by atoms with van der Waals surface area (Å²) >= 11 is 5.89. The van der Waals surface area contributed by atoms with Crippen LogP contribution in [0.2, 0.25) is 5.02 Å². The fourth-order valence-corrected chi connectivity index (χ4v) is 3.92. The predicted octanol–water partition coefficient (Wildman–Crippen LogP) is 3.55. The number of carbonyl (C=O) groups excluding carboxylic acids is 3. The molecule has 11 heteroatoms. The molecule has 3 rings (SSSR count). The number of anilines is 1. The van der Waals surface area contributed by atoms with Gasteiger partial charge < -0.3 is 15.8 Å². The van der Waals surface area contributed by atoms with Crippen LogP contribution in [0.5, 0.6) is 0 Å². The standard InChI is InChI=1S/C21H21ClF2N4O4/c1-2-8-32-19(30)16-11-17(26-18(29)12-9-14(23)15(24)10-13(12)22)28(27-16)21(20(25)31)6-4-3-5-7-21/h2,9-11H,1,3-8H2,(H2,25,31)(H,26,29). The lowest BCUT2D eigenvalue weighted by Crippen LogP contribution is -2.49. The van der Waals surface area contributed by atoms with Gasteiger partial charge in [-0.25, -0.2) is 18.3 Å². The maximum absolute atomic E-state index is 13.7. The molecule has 0 unspecified atom stereocenters. The number of benzene rings is 1. The molecule has 32 heavy (non-hydrogen) atoms. The van der Waals surface area contributed by atoms with Crippen LogP contribution in [0.1, 0.15) is 53.0 Å². The second kappa shape index (κ2) is 9.47. The van der Waals surface area contributed by atoms with E-state index >= 15 is 0 Å². The zero-order chi connectivity index (χ0) is 23.5. The number of carbonyl (C=O) groups is 3. The van der Waals surface area contributed by atoms with Crippen molar-refractivity contribution in [2.45, 2.75) is 37.6 Å². The van der Waals surface area contributed by atoms with E-state index in [4.69, 9.17) is 22.1 Å². The number of halogens is 3. The lowest BCUT2D eigenvalue weighted by Gasteiger charge is -2.35. The van der Waals surface area contributed by atoms with E-state index in [1.54, 1.807) is 0 Å². The van der Waals surface area contributed by atoms with Crippen molar-refractivity contribution < 1.29 is 27.9 Å². The zero-order valence-electron chi connectivity index (χ0n) is 17.0. The second-order valence-corrected chi connectivity index (χ2v) is 7.78. The van der Waals surface area contributed by atoms with Crippen LogP contribution in [-0.4, -0.2) is 34.2 Å². The molecule has 0 atom stereocenters. The van der Waals surface area contributed by atoms with Gasteiger partial charge in [-0.2, -0.15) is 5.10 Å². The van der Waals surface area contributed by atoms with Crippen LogP contribution in [0, 0.1) is 11.6 Å².